The number of likely N-dealkylation sites (N-methyl/N-ethyl adjacent to an activating group) is 1. The molecule has 0 amide bonds. The van der Waals surface area contributed by atoms with Crippen molar-refractivity contribution < 1.29 is 0 Å². The summed E-state index contributed by atoms with van der Waals surface area (Å²) in [4.78, 5) is 11.0. The number of nitrogens with one attached hydrogen (secondary N) is 1. The number of fused-ring (bicyclic) bond motifs is 1. The zero-order chi connectivity index (χ0) is 14.0. The van der Waals surface area contributed by atoms with Gasteiger partial charge in [0.25, 0.3) is 0 Å². The number of anilines is 2. The first-order chi connectivity index (χ1) is 8.90. The first-order valence-electron chi connectivity index (χ1n) is 6.34. The number of aromatic nitrogens is 2. The molecule has 0 spiro atoms. The van der Waals surface area contributed by atoms with Crippen LogP contribution in [-0.2, 0) is 0 Å². The van der Waals surface area contributed by atoms with Gasteiger partial charge in [-0.05, 0) is 40.1 Å². The number of para-hydroxylation sites is 2. The molecule has 1 aromatic carbocycles. The number of nitrogens with two attached hydrogens (primary N) is 1. The lowest BCUT2D eigenvalue weighted by Gasteiger charge is -2.32. The van der Waals surface area contributed by atoms with Crippen molar-refractivity contribution in [3.05, 3.63) is 24.3 Å². The van der Waals surface area contributed by atoms with Crippen molar-refractivity contribution >= 4 is 22.7 Å². The summed E-state index contributed by atoms with van der Waals surface area (Å²) in [6.45, 7) is 5.06. The van der Waals surface area contributed by atoms with Crippen LogP contribution < -0.4 is 11.1 Å². The van der Waals surface area contributed by atoms with Gasteiger partial charge >= 0.3 is 0 Å². The average molecular weight is 259 g/mol. The number of benzene rings is 1. The molecule has 3 N–H and O–H groups in total. The van der Waals surface area contributed by atoms with Crippen LogP contribution in [0.25, 0.3) is 11.0 Å². The monoisotopic (exact) mass is 259 g/mol. The number of nitrogen functional groups attached to an aromatic ring is 1. The molecular weight excluding hydrogens is 238 g/mol. The lowest BCUT2D eigenvalue weighted by atomic mass is 10.0. The predicted molar refractivity (Wildman–Crippen MR) is 80.2 cm³/mol. The van der Waals surface area contributed by atoms with E-state index < -0.39 is 0 Å². The minimum Gasteiger partial charge on any atom is -0.381 e. The summed E-state index contributed by atoms with van der Waals surface area (Å²) in [5.74, 6) is 1.09. The fourth-order valence-electron chi connectivity index (χ4n) is 1.60. The van der Waals surface area contributed by atoms with Gasteiger partial charge in [-0.2, -0.15) is 0 Å². The molecule has 19 heavy (non-hydrogen) atoms. The second kappa shape index (κ2) is 5.01. The summed E-state index contributed by atoms with van der Waals surface area (Å²) in [7, 11) is 4.11. The Morgan fingerprint density at radius 1 is 1.16 bits per heavy atom. The number of rotatable bonds is 4. The fourth-order valence-corrected chi connectivity index (χ4v) is 1.60. The van der Waals surface area contributed by atoms with Crippen LogP contribution in [0.1, 0.15) is 13.8 Å². The predicted octanol–water partition coefficient (Wildman–Crippen LogP) is 1.96. The van der Waals surface area contributed by atoms with Crippen molar-refractivity contribution in [2.75, 3.05) is 31.7 Å². The first kappa shape index (κ1) is 13.5. The molecule has 0 unspecified atom stereocenters. The van der Waals surface area contributed by atoms with Gasteiger partial charge in [-0.25, -0.2) is 9.97 Å². The second-order valence-electron chi connectivity index (χ2n) is 5.51. The number of hydrogen-bond acceptors (Lipinski definition) is 5. The second-order valence-corrected chi connectivity index (χ2v) is 5.51. The van der Waals surface area contributed by atoms with Crippen LogP contribution in [0.15, 0.2) is 24.3 Å². The third-order valence-corrected chi connectivity index (χ3v) is 3.50. The quantitative estimate of drug-likeness (QED) is 0.878. The summed E-state index contributed by atoms with van der Waals surface area (Å²) < 4.78 is 0. The molecule has 0 saturated heterocycles. The zero-order valence-corrected chi connectivity index (χ0v) is 11.9. The smallest absolute Gasteiger partial charge is 0.169 e. The van der Waals surface area contributed by atoms with Gasteiger partial charge in [0.05, 0.1) is 11.0 Å². The van der Waals surface area contributed by atoms with E-state index in [1.807, 2.05) is 24.3 Å². The molecule has 0 saturated carbocycles. The minimum atomic E-state index is 0.0137. The van der Waals surface area contributed by atoms with E-state index in [1.165, 1.54) is 0 Å². The van der Waals surface area contributed by atoms with E-state index >= 15 is 0 Å². The van der Waals surface area contributed by atoms with Crippen LogP contribution in [-0.4, -0.2) is 41.0 Å². The molecule has 0 bridgehead atoms. The van der Waals surface area contributed by atoms with Crippen LogP contribution in [0, 0.1) is 0 Å². The van der Waals surface area contributed by atoms with E-state index in [0.717, 1.165) is 17.6 Å². The largest absolute Gasteiger partial charge is 0.381 e. The Kier molecular flexibility index (Phi) is 3.57. The van der Waals surface area contributed by atoms with Gasteiger partial charge in [-0.3, -0.25) is 0 Å². The van der Waals surface area contributed by atoms with Crippen LogP contribution >= 0.6 is 0 Å². The highest BCUT2D eigenvalue weighted by Crippen LogP contribution is 2.19. The molecule has 1 aromatic heterocycles. The van der Waals surface area contributed by atoms with Crippen molar-refractivity contribution in [1.82, 2.24) is 14.9 Å². The van der Waals surface area contributed by atoms with Gasteiger partial charge in [0, 0.05) is 12.1 Å². The van der Waals surface area contributed by atoms with E-state index in [1.54, 1.807) is 0 Å². The molecule has 0 aliphatic heterocycles. The summed E-state index contributed by atoms with van der Waals surface area (Å²) >= 11 is 0. The highest BCUT2D eigenvalue weighted by molar-refractivity contribution is 5.79. The van der Waals surface area contributed by atoms with Gasteiger partial charge in [0.2, 0.25) is 0 Å². The Bertz CT molecular complexity index is 577. The molecular formula is C14H21N5. The maximum Gasteiger partial charge on any atom is 0.169 e. The SMILES string of the molecule is CN(C)C(C)(C)CNc1nc2ccccc2nc1N. The number of nitrogens with zero attached hydrogens (tertiary/aromatic N) is 3. The molecule has 2 rings (SSSR count). The zero-order valence-electron chi connectivity index (χ0n) is 11.9. The van der Waals surface area contributed by atoms with Crippen molar-refractivity contribution in [3.63, 3.8) is 0 Å². The minimum absolute atomic E-state index is 0.0137. The number of hydrogen-bond donors (Lipinski definition) is 2. The third kappa shape index (κ3) is 2.93. The molecule has 0 aliphatic rings. The molecule has 0 aliphatic carbocycles. The van der Waals surface area contributed by atoms with Crippen molar-refractivity contribution in [3.8, 4) is 0 Å². The topological polar surface area (TPSA) is 67.1 Å². The molecule has 0 radical (unpaired) electrons. The lowest BCUT2D eigenvalue weighted by Crippen LogP contribution is -2.44. The maximum absolute atomic E-state index is 5.94. The summed E-state index contributed by atoms with van der Waals surface area (Å²) in [6.07, 6.45) is 0. The van der Waals surface area contributed by atoms with Crippen LogP contribution in [0.5, 0.6) is 0 Å². The highest BCUT2D eigenvalue weighted by atomic mass is 15.2. The third-order valence-electron chi connectivity index (χ3n) is 3.50. The molecule has 0 atom stereocenters. The molecule has 5 nitrogen and oxygen atoms in total. The standard InChI is InChI=1S/C14H21N5/c1-14(2,19(3)4)9-16-13-12(15)17-10-7-5-6-8-11(10)18-13/h5-8H,9H2,1-4H3,(H2,15,17)(H,16,18). The van der Waals surface area contributed by atoms with Gasteiger partial charge in [-0.1, -0.05) is 12.1 Å². The van der Waals surface area contributed by atoms with Crippen molar-refractivity contribution in [2.45, 2.75) is 19.4 Å². The van der Waals surface area contributed by atoms with Gasteiger partial charge in [-0.15, -0.1) is 0 Å². The van der Waals surface area contributed by atoms with E-state index in [4.69, 9.17) is 5.73 Å². The van der Waals surface area contributed by atoms with E-state index in [0.29, 0.717) is 11.6 Å². The van der Waals surface area contributed by atoms with Crippen molar-refractivity contribution in [2.24, 2.45) is 0 Å². The van der Waals surface area contributed by atoms with E-state index in [-0.39, 0.29) is 5.54 Å². The Hall–Kier alpha value is -1.88. The molecule has 102 valence electrons. The van der Waals surface area contributed by atoms with E-state index in [9.17, 15) is 0 Å². The average Bonchev–Trinajstić information content (AvgIpc) is 2.36. The van der Waals surface area contributed by atoms with Gasteiger partial charge in [0.1, 0.15) is 0 Å². The van der Waals surface area contributed by atoms with Crippen LogP contribution in [0.4, 0.5) is 11.6 Å². The van der Waals surface area contributed by atoms with Crippen molar-refractivity contribution in [1.29, 1.82) is 0 Å². The Balaban J connectivity index is 2.23. The first-order valence-corrected chi connectivity index (χ1v) is 6.34. The fraction of sp³-hybridized carbons (Fsp3) is 0.429. The molecule has 0 fully saturated rings. The summed E-state index contributed by atoms with van der Waals surface area (Å²) in [6, 6.07) is 7.72. The van der Waals surface area contributed by atoms with Crippen LogP contribution in [0.3, 0.4) is 0 Å². The summed E-state index contributed by atoms with van der Waals surface area (Å²) in [5, 5.41) is 3.29. The molecule has 5 heteroatoms. The Morgan fingerprint density at radius 3 is 2.32 bits per heavy atom. The summed E-state index contributed by atoms with van der Waals surface area (Å²) in [5.41, 5.74) is 7.62. The van der Waals surface area contributed by atoms with Gasteiger partial charge in [0.15, 0.2) is 11.6 Å². The lowest BCUT2D eigenvalue weighted by molar-refractivity contribution is 0.210. The highest BCUT2D eigenvalue weighted by Gasteiger charge is 2.20. The van der Waals surface area contributed by atoms with E-state index in [2.05, 4.69) is 48.1 Å². The van der Waals surface area contributed by atoms with Gasteiger partial charge < -0.3 is 16.0 Å². The maximum atomic E-state index is 5.94. The van der Waals surface area contributed by atoms with Crippen LogP contribution in [0.2, 0.25) is 0 Å². The molecule has 1 heterocycles. The molecule has 2 aromatic rings. The Morgan fingerprint density at radius 2 is 1.74 bits per heavy atom. The normalized spacial score (nSPS) is 12.1. The Labute approximate surface area is 113 Å².